The summed E-state index contributed by atoms with van der Waals surface area (Å²) in [5, 5.41) is 3.79. The van der Waals surface area contributed by atoms with Gasteiger partial charge in [-0.1, -0.05) is 62.2 Å². The third-order valence-corrected chi connectivity index (χ3v) is 5.85. The van der Waals surface area contributed by atoms with Crippen molar-refractivity contribution in [3.63, 3.8) is 0 Å². The molecular formula is C26H34Cl2N2O3. The molecule has 2 aromatic carbocycles. The Hall–Kier alpha value is -2.24. The molecule has 0 spiro atoms. The minimum absolute atomic E-state index is 0.0230. The second kappa shape index (κ2) is 10.8. The van der Waals surface area contributed by atoms with Crippen molar-refractivity contribution in [2.24, 2.45) is 0 Å². The van der Waals surface area contributed by atoms with Crippen LogP contribution in [0.4, 0.5) is 0 Å². The van der Waals surface area contributed by atoms with Crippen LogP contribution in [0.15, 0.2) is 42.5 Å². The molecule has 33 heavy (non-hydrogen) atoms. The minimum atomic E-state index is -0.754. The van der Waals surface area contributed by atoms with Crippen LogP contribution in [0.3, 0.4) is 0 Å². The van der Waals surface area contributed by atoms with Crippen LogP contribution in [0.1, 0.15) is 59.6 Å². The van der Waals surface area contributed by atoms with E-state index >= 15 is 0 Å². The third-order valence-electron chi connectivity index (χ3n) is 5.14. The number of hydrogen-bond acceptors (Lipinski definition) is 3. The van der Waals surface area contributed by atoms with Gasteiger partial charge in [0.15, 0.2) is 6.61 Å². The van der Waals surface area contributed by atoms with E-state index in [0.717, 1.165) is 0 Å². The first-order chi connectivity index (χ1) is 15.2. The Bertz CT molecular complexity index is 956. The maximum atomic E-state index is 13.2. The molecule has 7 heteroatoms. The van der Waals surface area contributed by atoms with Crippen LogP contribution in [0.5, 0.6) is 5.75 Å². The van der Waals surface area contributed by atoms with Crippen molar-refractivity contribution in [3.05, 3.63) is 63.6 Å². The summed E-state index contributed by atoms with van der Waals surface area (Å²) in [6.45, 7) is 13.6. The van der Waals surface area contributed by atoms with Crippen molar-refractivity contribution in [3.8, 4) is 5.75 Å². The van der Waals surface area contributed by atoms with Gasteiger partial charge in [-0.15, -0.1) is 0 Å². The van der Waals surface area contributed by atoms with Gasteiger partial charge in [0.1, 0.15) is 11.8 Å². The first-order valence-corrected chi connectivity index (χ1v) is 11.7. The van der Waals surface area contributed by atoms with E-state index in [2.05, 4.69) is 26.1 Å². The van der Waals surface area contributed by atoms with Gasteiger partial charge in [-0.3, -0.25) is 9.59 Å². The van der Waals surface area contributed by atoms with Crippen molar-refractivity contribution < 1.29 is 14.3 Å². The number of halogens is 2. The smallest absolute Gasteiger partial charge is 0.261 e. The largest absolute Gasteiger partial charge is 0.484 e. The zero-order chi connectivity index (χ0) is 25.0. The summed E-state index contributed by atoms with van der Waals surface area (Å²) in [6, 6.07) is 12.1. The topological polar surface area (TPSA) is 58.6 Å². The van der Waals surface area contributed by atoms with E-state index in [1.165, 1.54) is 10.5 Å². The highest BCUT2D eigenvalue weighted by Gasteiger charge is 2.29. The van der Waals surface area contributed by atoms with Crippen molar-refractivity contribution in [1.29, 1.82) is 0 Å². The monoisotopic (exact) mass is 492 g/mol. The van der Waals surface area contributed by atoms with E-state index in [0.29, 0.717) is 21.4 Å². The molecular weight excluding hydrogens is 459 g/mol. The average Bonchev–Trinajstić information content (AvgIpc) is 2.70. The van der Waals surface area contributed by atoms with E-state index in [1.807, 2.05) is 45.0 Å². The molecule has 2 amide bonds. The highest BCUT2D eigenvalue weighted by molar-refractivity contribution is 6.36. The Morgan fingerprint density at radius 1 is 0.970 bits per heavy atom. The lowest BCUT2D eigenvalue weighted by Gasteiger charge is -2.31. The van der Waals surface area contributed by atoms with E-state index < -0.39 is 11.6 Å². The molecule has 1 N–H and O–H groups in total. The second-order valence-electron chi connectivity index (χ2n) is 10.2. The summed E-state index contributed by atoms with van der Waals surface area (Å²) in [5.74, 6) is -0.0325. The Morgan fingerprint density at radius 2 is 1.52 bits per heavy atom. The fraction of sp³-hybridized carbons (Fsp3) is 0.462. The number of benzene rings is 2. The number of nitrogens with one attached hydrogen (secondary N) is 1. The van der Waals surface area contributed by atoms with E-state index in [-0.39, 0.29) is 30.4 Å². The van der Waals surface area contributed by atoms with Gasteiger partial charge in [0.2, 0.25) is 5.91 Å². The zero-order valence-electron chi connectivity index (χ0n) is 20.5. The summed E-state index contributed by atoms with van der Waals surface area (Å²) in [7, 11) is 0. The van der Waals surface area contributed by atoms with Crippen molar-refractivity contribution in [2.45, 2.75) is 72.0 Å². The van der Waals surface area contributed by atoms with Crippen LogP contribution in [-0.2, 0) is 21.5 Å². The normalized spacial score (nSPS) is 12.8. The van der Waals surface area contributed by atoms with Crippen LogP contribution >= 0.6 is 23.2 Å². The molecule has 2 aromatic rings. The van der Waals surface area contributed by atoms with Crippen molar-refractivity contribution in [2.75, 3.05) is 6.61 Å². The molecule has 0 aromatic heterocycles. The van der Waals surface area contributed by atoms with E-state index in [1.54, 1.807) is 25.1 Å². The lowest BCUT2D eigenvalue weighted by Crippen LogP contribution is -2.53. The van der Waals surface area contributed by atoms with E-state index in [4.69, 9.17) is 27.9 Å². The van der Waals surface area contributed by atoms with Gasteiger partial charge in [-0.25, -0.2) is 0 Å². The Morgan fingerprint density at radius 3 is 2.00 bits per heavy atom. The van der Waals surface area contributed by atoms with Gasteiger partial charge in [0, 0.05) is 27.7 Å². The molecule has 0 aliphatic rings. The van der Waals surface area contributed by atoms with Gasteiger partial charge in [-0.2, -0.15) is 0 Å². The van der Waals surface area contributed by atoms with Gasteiger partial charge in [-0.05, 0) is 62.9 Å². The molecule has 180 valence electrons. The van der Waals surface area contributed by atoms with Crippen LogP contribution in [0.2, 0.25) is 10.0 Å². The molecule has 0 fully saturated rings. The molecule has 2 rings (SSSR count). The molecule has 0 radical (unpaired) electrons. The number of ether oxygens (including phenoxy) is 1. The lowest BCUT2D eigenvalue weighted by molar-refractivity contribution is -0.142. The van der Waals surface area contributed by atoms with E-state index in [9.17, 15) is 9.59 Å². The first-order valence-electron chi connectivity index (χ1n) is 11.0. The highest BCUT2D eigenvalue weighted by Crippen LogP contribution is 2.27. The second-order valence-corrected chi connectivity index (χ2v) is 11.0. The maximum Gasteiger partial charge on any atom is 0.261 e. The molecule has 0 aliphatic heterocycles. The van der Waals surface area contributed by atoms with Crippen molar-refractivity contribution in [1.82, 2.24) is 10.2 Å². The molecule has 5 nitrogen and oxygen atoms in total. The quantitative estimate of drug-likeness (QED) is 0.515. The third kappa shape index (κ3) is 7.94. The van der Waals surface area contributed by atoms with Crippen LogP contribution in [0, 0.1) is 0 Å². The number of amides is 2. The molecule has 0 saturated heterocycles. The standard InChI is InChI=1S/C26H34Cl2N2O3/c1-17(24(32)29-26(5,6)7)30(15-20-21(27)9-8-10-22(20)28)23(31)16-33-19-13-11-18(12-14-19)25(2,3)4/h8-14,17H,15-16H2,1-7H3,(H,29,32)/t17-/m1/s1. The number of nitrogens with zero attached hydrogens (tertiary/aromatic N) is 1. The van der Waals surface area contributed by atoms with Gasteiger partial charge in [0.25, 0.3) is 5.91 Å². The number of hydrogen-bond donors (Lipinski definition) is 1. The summed E-state index contributed by atoms with van der Waals surface area (Å²) in [6.07, 6.45) is 0. The number of rotatable bonds is 7. The fourth-order valence-corrected chi connectivity index (χ4v) is 3.71. The Labute approximate surface area is 207 Å². The summed E-state index contributed by atoms with van der Waals surface area (Å²) in [4.78, 5) is 27.5. The molecule has 0 unspecified atom stereocenters. The predicted octanol–water partition coefficient (Wildman–Crippen LogP) is 6.00. The summed E-state index contributed by atoms with van der Waals surface area (Å²) < 4.78 is 5.76. The van der Waals surface area contributed by atoms with Gasteiger partial charge < -0.3 is 15.0 Å². The SMILES string of the molecule is C[C@H](C(=O)NC(C)(C)C)N(Cc1c(Cl)cccc1Cl)C(=O)COc1ccc(C(C)(C)C)cc1. The number of carbonyl (C=O) groups excluding carboxylic acids is 2. The minimum Gasteiger partial charge on any atom is -0.484 e. The fourth-order valence-electron chi connectivity index (χ4n) is 3.19. The van der Waals surface area contributed by atoms with Crippen LogP contribution < -0.4 is 10.1 Å². The average molecular weight is 493 g/mol. The van der Waals surface area contributed by atoms with Crippen molar-refractivity contribution >= 4 is 35.0 Å². The Balaban J connectivity index is 2.22. The first kappa shape index (κ1) is 27.0. The molecule has 0 bridgehead atoms. The molecule has 1 atom stereocenters. The summed E-state index contributed by atoms with van der Waals surface area (Å²) in [5.41, 5.74) is 1.34. The Kier molecular flexibility index (Phi) is 8.83. The van der Waals surface area contributed by atoms with Gasteiger partial charge >= 0.3 is 0 Å². The highest BCUT2D eigenvalue weighted by atomic mass is 35.5. The molecule has 0 heterocycles. The lowest BCUT2D eigenvalue weighted by atomic mass is 9.87. The van der Waals surface area contributed by atoms with Crippen LogP contribution in [-0.4, -0.2) is 34.9 Å². The summed E-state index contributed by atoms with van der Waals surface area (Å²) >= 11 is 12.7. The van der Waals surface area contributed by atoms with Crippen LogP contribution in [0.25, 0.3) is 0 Å². The van der Waals surface area contributed by atoms with Gasteiger partial charge in [0.05, 0.1) is 0 Å². The maximum absolute atomic E-state index is 13.2. The predicted molar refractivity (Wildman–Crippen MR) is 135 cm³/mol. The molecule has 0 aliphatic carbocycles. The number of carbonyl (C=O) groups is 2. The zero-order valence-corrected chi connectivity index (χ0v) is 22.0. The molecule has 0 saturated carbocycles.